The molecule has 10 nitrogen and oxygen atoms in total. The van der Waals surface area contributed by atoms with Gasteiger partial charge in [-0.1, -0.05) is 13.3 Å². The molecule has 1 aromatic heterocycles. The van der Waals surface area contributed by atoms with Crippen LogP contribution in [0, 0.1) is 0 Å². The summed E-state index contributed by atoms with van der Waals surface area (Å²) in [5.74, 6) is -1.01. The van der Waals surface area contributed by atoms with Gasteiger partial charge in [0.2, 0.25) is 10.0 Å². The zero-order valence-corrected chi connectivity index (χ0v) is 24.6. The van der Waals surface area contributed by atoms with Gasteiger partial charge in [-0.05, 0) is 69.0 Å². The molecule has 212 valence electrons. The molecule has 1 atom stereocenters. The zero-order valence-electron chi connectivity index (χ0n) is 23.0. The number of piperidine rings is 1. The van der Waals surface area contributed by atoms with E-state index in [-0.39, 0.29) is 16.5 Å². The quantitative estimate of drug-likeness (QED) is 0.519. The number of amides is 4. The summed E-state index contributed by atoms with van der Waals surface area (Å²) in [5.41, 5.74) is 1.44. The van der Waals surface area contributed by atoms with Gasteiger partial charge in [0, 0.05) is 50.2 Å². The maximum Gasteiger partial charge on any atom is 0.323 e. The summed E-state index contributed by atoms with van der Waals surface area (Å²) in [4.78, 5) is 43.3. The van der Waals surface area contributed by atoms with Crippen molar-refractivity contribution >= 4 is 44.2 Å². The highest BCUT2D eigenvalue weighted by Gasteiger charge is 2.32. The molecule has 0 bridgehead atoms. The maximum absolute atomic E-state index is 13.2. The molecule has 4 rings (SSSR count). The van der Waals surface area contributed by atoms with Crippen LogP contribution in [0.5, 0.6) is 0 Å². The van der Waals surface area contributed by atoms with Crippen molar-refractivity contribution in [1.82, 2.24) is 19.4 Å². The molecule has 2 aliphatic heterocycles. The minimum Gasteiger partial charge on any atom is -0.331 e. The normalized spacial score (nSPS) is 18.3. The number of nitrogens with zero attached hydrogens (tertiary/aromatic N) is 3. The van der Waals surface area contributed by atoms with Gasteiger partial charge < -0.3 is 10.2 Å². The van der Waals surface area contributed by atoms with Crippen molar-refractivity contribution in [3.8, 4) is 0 Å². The molecule has 2 aromatic rings. The second kappa shape index (κ2) is 12.2. The molecule has 0 spiro atoms. The van der Waals surface area contributed by atoms with Crippen LogP contribution in [0.3, 0.4) is 0 Å². The molecule has 0 saturated carbocycles. The molecule has 2 aliphatic rings. The van der Waals surface area contributed by atoms with Gasteiger partial charge in [0.1, 0.15) is 5.00 Å². The highest BCUT2D eigenvalue weighted by Crippen LogP contribution is 2.37. The third-order valence-corrected chi connectivity index (χ3v) is 10.4. The van der Waals surface area contributed by atoms with Crippen LogP contribution in [0.25, 0.3) is 0 Å². The van der Waals surface area contributed by atoms with Crippen LogP contribution in [0.15, 0.2) is 29.2 Å². The van der Waals surface area contributed by atoms with Crippen molar-refractivity contribution in [3.63, 3.8) is 0 Å². The van der Waals surface area contributed by atoms with Crippen LogP contribution in [0.2, 0.25) is 0 Å². The van der Waals surface area contributed by atoms with Gasteiger partial charge in [-0.2, -0.15) is 4.31 Å². The number of benzene rings is 1. The number of hydrogen-bond donors (Lipinski definition) is 2. The van der Waals surface area contributed by atoms with Crippen LogP contribution >= 0.6 is 11.3 Å². The molecule has 0 aliphatic carbocycles. The van der Waals surface area contributed by atoms with Crippen molar-refractivity contribution in [3.05, 3.63) is 45.8 Å². The number of sulfonamides is 1. The predicted molar refractivity (Wildman–Crippen MR) is 152 cm³/mol. The van der Waals surface area contributed by atoms with E-state index in [0.29, 0.717) is 30.1 Å². The van der Waals surface area contributed by atoms with Gasteiger partial charge in [-0.25, -0.2) is 13.2 Å². The summed E-state index contributed by atoms with van der Waals surface area (Å²) in [5, 5.41) is 5.64. The Bertz CT molecular complexity index is 1340. The molecule has 2 N–H and O–H groups in total. The number of carbonyl (C=O) groups excluding carboxylic acids is 3. The van der Waals surface area contributed by atoms with Crippen molar-refractivity contribution in [2.45, 2.75) is 63.4 Å². The van der Waals surface area contributed by atoms with E-state index in [1.165, 1.54) is 44.8 Å². The van der Waals surface area contributed by atoms with Gasteiger partial charge in [0.25, 0.3) is 11.8 Å². The fraction of sp³-hybridized carbons (Fsp3) is 0.519. The molecular weight excluding hydrogens is 538 g/mol. The number of urea groups is 1. The summed E-state index contributed by atoms with van der Waals surface area (Å²) in [6, 6.07) is 5.29. The summed E-state index contributed by atoms with van der Waals surface area (Å²) in [6.07, 6.45) is 4.33. The van der Waals surface area contributed by atoms with Crippen molar-refractivity contribution in [2.75, 3.05) is 39.0 Å². The minimum absolute atomic E-state index is 0.0613. The first-order valence-electron chi connectivity index (χ1n) is 13.4. The minimum atomic E-state index is -3.65. The Morgan fingerprint density at radius 3 is 2.44 bits per heavy atom. The van der Waals surface area contributed by atoms with Crippen molar-refractivity contribution < 1.29 is 22.8 Å². The first-order valence-corrected chi connectivity index (χ1v) is 15.6. The van der Waals surface area contributed by atoms with E-state index >= 15 is 0 Å². The number of fused-ring (bicyclic) bond motifs is 1. The van der Waals surface area contributed by atoms with Crippen LogP contribution in [0.4, 0.5) is 9.80 Å². The standard InChI is InChI=1S/C27H37N5O5S2/c1-5-14-31-16-13-21-22(17-31)38-26(23(21)25(34)29-27(35)30(3)4)28-24(33)19-9-11-20(12-10-19)39(36,37)32-15-7-6-8-18(32)2/h9-12,18H,5-8,13-17H2,1-4H3,(H,28,33)(H,29,34,35). The van der Waals surface area contributed by atoms with Crippen LogP contribution in [-0.4, -0.2) is 80.1 Å². The Morgan fingerprint density at radius 1 is 1.08 bits per heavy atom. The Balaban J connectivity index is 1.58. The molecule has 3 heterocycles. The second-order valence-corrected chi connectivity index (χ2v) is 13.3. The Hall–Kier alpha value is -2.80. The Morgan fingerprint density at radius 2 is 1.79 bits per heavy atom. The molecule has 0 radical (unpaired) electrons. The number of hydrogen-bond acceptors (Lipinski definition) is 7. The van der Waals surface area contributed by atoms with Gasteiger partial charge in [-0.15, -0.1) is 11.3 Å². The van der Waals surface area contributed by atoms with Gasteiger partial charge in [-0.3, -0.25) is 19.8 Å². The molecule has 39 heavy (non-hydrogen) atoms. The van der Waals surface area contributed by atoms with E-state index in [9.17, 15) is 22.8 Å². The molecule has 1 fully saturated rings. The number of imide groups is 1. The lowest BCUT2D eigenvalue weighted by Gasteiger charge is -2.32. The lowest BCUT2D eigenvalue weighted by Crippen LogP contribution is -2.41. The molecule has 1 aromatic carbocycles. The lowest BCUT2D eigenvalue weighted by molar-refractivity contribution is 0.0956. The summed E-state index contributed by atoms with van der Waals surface area (Å²) in [7, 11) is -0.554. The average molecular weight is 576 g/mol. The summed E-state index contributed by atoms with van der Waals surface area (Å²) in [6.45, 7) is 6.92. The SMILES string of the molecule is CCCN1CCc2c(sc(NC(=O)c3ccc(S(=O)(=O)N4CCCCC4C)cc3)c2C(=O)NC(=O)N(C)C)C1. The third-order valence-electron chi connectivity index (χ3n) is 7.22. The van der Waals surface area contributed by atoms with Crippen molar-refractivity contribution in [2.24, 2.45) is 0 Å². The fourth-order valence-corrected chi connectivity index (χ4v) is 8.06. The molecule has 12 heteroatoms. The first kappa shape index (κ1) is 29.2. The van der Waals surface area contributed by atoms with E-state index in [2.05, 4.69) is 22.5 Å². The zero-order chi connectivity index (χ0) is 28.3. The maximum atomic E-state index is 13.2. The number of anilines is 1. The van der Waals surface area contributed by atoms with E-state index in [1.807, 2.05) is 6.92 Å². The Labute approximate surface area is 234 Å². The average Bonchev–Trinajstić information content (AvgIpc) is 3.26. The monoisotopic (exact) mass is 575 g/mol. The second-order valence-electron chi connectivity index (χ2n) is 10.3. The predicted octanol–water partition coefficient (Wildman–Crippen LogP) is 3.74. The number of thiophene rings is 1. The molecule has 4 amide bonds. The van der Waals surface area contributed by atoms with E-state index in [0.717, 1.165) is 49.2 Å². The molecular formula is C27H37N5O5S2. The van der Waals surface area contributed by atoms with Gasteiger partial charge >= 0.3 is 6.03 Å². The fourth-order valence-electron chi connectivity index (χ4n) is 5.08. The van der Waals surface area contributed by atoms with Crippen LogP contribution < -0.4 is 10.6 Å². The Kier molecular flexibility index (Phi) is 9.10. The molecule has 1 saturated heterocycles. The third kappa shape index (κ3) is 6.34. The van der Waals surface area contributed by atoms with E-state index in [1.54, 1.807) is 14.1 Å². The summed E-state index contributed by atoms with van der Waals surface area (Å²) >= 11 is 1.34. The highest BCUT2D eigenvalue weighted by atomic mass is 32.2. The van der Waals surface area contributed by atoms with Crippen molar-refractivity contribution in [1.29, 1.82) is 0 Å². The van der Waals surface area contributed by atoms with Gasteiger partial charge in [0.05, 0.1) is 10.5 Å². The smallest absolute Gasteiger partial charge is 0.323 e. The van der Waals surface area contributed by atoms with E-state index < -0.39 is 27.9 Å². The van der Waals surface area contributed by atoms with E-state index in [4.69, 9.17) is 0 Å². The summed E-state index contributed by atoms with van der Waals surface area (Å²) < 4.78 is 27.8. The first-order chi connectivity index (χ1) is 18.5. The topological polar surface area (TPSA) is 119 Å². The lowest BCUT2D eigenvalue weighted by atomic mass is 10.0. The molecule has 1 unspecified atom stereocenters. The largest absolute Gasteiger partial charge is 0.331 e. The number of carbonyl (C=O) groups is 3. The number of rotatable bonds is 7. The number of nitrogens with one attached hydrogen (secondary N) is 2. The van der Waals surface area contributed by atoms with Crippen LogP contribution in [0.1, 0.15) is 70.7 Å². The van der Waals surface area contributed by atoms with Crippen LogP contribution in [-0.2, 0) is 23.0 Å². The highest BCUT2D eigenvalue weighted by molar-refractivity contribution is 7.89. The van der Waals surface area contributed by atoms with Gasteiger partial charge in [0.15, 0.2) is 0 Å².